The van der Waals surface area contributed by atoms with Gasteiger partial charge in [-0.1, -0.05) is 23.2 Å². The zero-order chi connectivity index (χ0) is 17.7. The summed E-state index contributed by atoms with van der Waals surface area (Å²) in [6.45, 7) is 1.03. The average molecular weight is 379 g/mol. The van der Waals surface area contributed by atoms with Crippen LogP contribution in [0.25, 0.3) is 16.9 Å². The standard InChI is InChI=1S/C16H16Cl2N6O/c1-22-7-9(6-20-22)12-4-10(17)15(18)16-21-11-2-3-23(14(25)5-19)8-13(11)24(12)16/h4,6-7H,2-3,5,8,19H2,1H3. The van der Waals surface area contributed by atoms with Crippen LogP contribution in [0.15, 0.2) is 18.5 Å². The molecule has 0 saturated carbocycles. The van der Waals surface area contributed by atoms with Crippen LogP contribution >= 0.6 is 23.2 Å². The lowest BCUT2D eigenvalue weighted by Gasteiger charge is -2.26. The Labute approximate surface area is 153 Å². The third kappa shape index (κ3) is 2.59. The Balaban J connectivity index is 1.96. The highest BCUT2D eigenvalue weighted by Crippen LogP contribution is 2.35. The molecule has 3 aromatic rings. The van der Waals surface area contributed by atoms with E-state index in [1.165, 1.54) is 0 Å². The number of halogens is 2. The topological polar surface area (TPSA) is 81.5 Å². The Morgan fingerprint density at radius 3 is 2.88 bits per heavy atom. The van der Waals surface area contributed by atoms with Gasteiger partial charge < -0.3 is 10.6 Å². The fourth-order valence-electron chi connectivity index (χ4n) is 3.23. The fourth-order valence-corrected chi connectivity index (χ4v) is 3.60. The third-order valence-corrected chi connectivity index (χ3v) is 5.22. The van der Waals surface area contributed by atoms with Gasteiger partial charge in [-0.15, -0.1) is 0 Å². The third-order valence-electron chi connectivity index (χ3n) is 4.45. The fraction of sp³-hybridized carbons (Fsp3) is 0.312. The van der Waals surface area contributed by atoms with Crippen LogP contribution in [0.5, 0.6) is 0 Å². The molecule has 3 aromatic heterocycles. The molecular weight excluding hydrogens is 363 g/mol. The van der Waals surface area contributed by atoms with Crippen LogP contribution < -0.4 is 5.73 Å². The summed E-state index contributed by atoms with van der Waals surface area (Å²) in [5, 5.41) is 5.07. The summed E-state index contributed by atoms with van der Waals surface area (Å²) in [6, 6.07) is 1.81. The van der Waals surface area contributed by atoms with Gasteiger partial charge in [-0.25, -0.2) is 4.98 Å². The van der Waals surface area contributed by atoms with Crippen molar-refractivity contribution in [2.24, 2.45) is 12.8 Å². The zero-order valence-corrected chi connectivity index (χ0v) is 15.0. The summed E-state index contributed by atoms with van der Waals surface area (Å²) < 4.78 is 3.69. The number of hydrogen-bond donors (Lipinski definition) is 1. The van der Waals surface area contributed by atoms with Crippen LogP contribution in [0, 0.1) is 0 Å². The number of nitrogens with zero attached hydrogens (tertiary/aromatic N) is 5. The van der Waals surface area contributed by atoms with Crippen molar-refractivity contribution in [1.82, 2.24) is 24.1 Å². The van der Waals surface area contributed by atoms with Gasteiger partial charge in [0, 0.05) is 31.8 Å². The zero-order valence-electron chi connectivity index (χ0n) is 13.5. The van der Waals surface area contributed by atoms with Crippen molar-refractivity contribution in [3.63, 3.8) is 0 Å². The Morgan fingerprint density at radius 2 is 2.20 bits per heavy atom. The van der Waals surface area contributed by atoms with Crippen molar-refractivity contribution >= 4 is 34.8 Å². The van der Waals surface area contributed by atoms with Gasteiger partial charge in [-0.3, -0.25) is 13.9 Å². The van der Waals surface area contributed by atoms with Crippen LogP contribution in [-0.2, 0) is 24.8 Å². The number of rotatable bonds is 2. The van der Waals surface area contributed by atoms with Crippen LogP contribution in [0.4, 0.5) is 0 Å². The summed E-state index contributed by atoms with van der Waals surface area (Å²) in [5.74, 6) is -0.0800. The molecule has 25 heavy (non-hydrogen) atoms. The summed E-state index contributed by atoms with van der Waals surface area (Å²) >= 11 is 12.7. The van der Waals surface area contributed by atoms with Crippen LogP contribution in [0.1, 0.15) is 11.4 Å². The highest BCUT2D eigenvalue weighted by molar-refractivity contribution is 6.44. The first kappa shape index (κ1) is 16.4. The molecule has 1 amide bonds. The molecule has 0 bridgehead atoms. The van der Waals surface area contributed by atoms with Crippen LogP contribution in [0.3, 0.4) is 0 Å². The van der Waals surface area contributed by atoms with E-state index in [1.807, 2.05) is 17.6 Å². The summed E-state index contributed by atoms with van der Waals surface area (Å²) in [5.41, 5.74) is 9.71. The molecule has 0 fully saturated rings. The van der Waals surface area contributed by atoms with E-state index >= 15 is 0 Å². The largest absolute Gasteiger partial charge is 0.335 e. The quantitative estimate of drug-likeness (QED) is 0.737. The number of fused-ring (bicyclic) bond motifs is 3. The van der Waals surface area contributed by atoms with Crippen molar-refractivity contribution in [2.75, 3.05) is 13.1 Å². The minimum atomic E-state index is -0.0800. The van der Waals surface area contributed by atoms with Gasteiger partial charge in [0.25, 0.3) is 0 Å². The number of amides is 1. The second kappa shape index (κ2) is 6.01. The molecule has 130 valence electrons. The SMILES string of the molecule is Cn1cc(-c2cc(Cl)c(Cl)c3nc4c(n23)CN(C(=O)CN)CC4)cn1. The molecule has 0 atom stereocenters. The normalized spacial score (nSPS) is 14.2. The average Bonchev–Trinajstić information content (AvgIpc) is 3.20. The molecule has 1 aliphatic heterocycles. The van der Waals surface area contributed by atoms with Gasteiger partial charge >= 0.3 is 0 Å². The number of pyridine rings is 1. The van der Waals surface area contributed by atoms with E-state index in [9.17, 15) is 4.79 Å². The van der Waals surface area contributed by atoms with Crippen molar-refractivity contribution < 1.29 is 4.79 Å². The monoisotopic (exact) mass is 378 g/mol. The summed E-state index contributed by atoms with van der Waals surface area (Å²) in [7, 11) is 1.85. The van der Waals surface area contributed by atoms with Crippen molar-refractivity contribution in [2.45, 2.75) is 13.0 Å². The van der Waals surface area contributed by atoms with Crippen LogP contribution in [0.2, 0.25) is 10.0 Å². The number of carbonyl (C=O) groups excluding carboxylic acids is 1. The molecule has 0 aliphatic carbocycles. The van der Waals surface area contributed by atoms with Gasteiger partial charge in [0.2, 0.25) is 5.91 Å². The van der Waals surface area contributed by atoms with Crippen molar-refractivity contribution in [1.29, 1.82) is 0 Å². The summed E-state index contributed by atoms with van der Waals surface area (Å²) in [6.07, 6.45) is 4.32. The molecule has 0 saturated heterocycles. The Kier molecular flexibility index (Phi) is 3.94. The van der Waals surface area contributed by atoms with Gasteiger partial charge in [0.05, 0.1) is 41.4 Å². The number of hydrogen-bond acceptors (Lipinski definition) is 4. The predicted molar refractivity (Wildman–Crippen MR) is 95.6 cm³/mol. The van der Waals surface area contributed by atoms with E-state index in [4.69, 9.17) is 28.9 Å². The molecule has 0 spiro atoms. The molecule has 1 aliphatic rings. The van der Waals surface area contributed by atoms with E-state index in [-0.39, 0.29) is 12.5 Å². The molecule has 7 nitrogen and oxygen atoms in total. The lowest BCUT2D eigenvalue weighted by atomic mass is 10.1. The van der Waals surface area contributed by atoms with Gasteiger partial charge in [-0.2, -0.15) is 5.10 Å². The molecule has 0 radical (unpaired) electrons. The van der Waals surface area contributed by atoms with E-state index < -0.39 is 0 Å². The first-order valence-corrected chi connectivity index (χ1v) is 8.60. The van der Waals surface area contributed by atoms with E-state index in [0.717, 1.165) is 22.6 Å². The number of imidazole rings is 1. The number of aromatic nitrogens is 4. The molecule has 0 aromatic carbocycles. The smallest absolute Gasteiger partial charge is 0.236 e. The van der Waals surface area contributed by atoms with Crippen LogP contribution in [-0.4, -0.2) is 43.1 Å². The maximum Gasteiger partial charge on any atom is 0.236 e. The Bertz CT molecular complexity index is 992. The minimum absolute atomic E-state index is 0.00584. The van der Waals surface area contributed by atoms with Gasteiger partial charge in [0.15, 0.2) is 5.65 Å². The van der Waals surface area contributed by atoms with E-state index in [1.54, 1.807) is 21.8 Å². The second-order valence-corrected chi connectivity index (χ2v) is 6.81. The van der Waals surface area contributed by atoms with Crippen molar-refractivity contribution in [3.8, 4) is 11.3 Å². The minimum Gasteiger partial charge on any atom is -0.335 e. The maximum absolute atomic E-state index is 12.0. The first-order chi connectivity index (χ1) is 12.0. The highest BCUT2D eigenvalue weighted by atomic mass is 35.5. The molecule has 2 N–H and O–H groups in total. The van der Waals surface area contributed by atoms with Gasteiger partial charge in [-0.05, 0) is 6.07 Å². The van der Waals surface area contributed by atoms with E-state index in [2.05, 4.69) is 10.1 Å². The lowest BCUT2D eigenvalue weighted by Crippen LogP contribution is -2.39. The Morgan fingerprint density at radius 1 is 1.40 bits per heavy atom. The predicted octanol–water partition coefficient (Wildman–Crippen LogP) is 1.89. The first-order valence-electron chi connectivity index (χ1n) is 7.84. The highest BCUT2D eigenvalue weighted by Gasteiger charge is 2.27. The van der Waals surface area contributed by atoms with Crippen molar-refractivity contribution in [3.05, 3.63) is 39.9 Å². The number of carbonyl (C=O) groups is 1. The lowest BCUT2D eigenvalue weighted by molar-refractivity contribution is -0.130. The molecule has 4 rings (SSSR count). The molecular formula is C16H16Cl2N6O. The maximum atomic E-state index is 12.0. The van der Waals surface area contributed by atoms with E-state index in [0.29, 0.717) is 35.2 Å². The molecule has 4 heterocycles. The number of aryl methyl sites for hydroxylation is 1. The summed E-state index contributed by atoms with van der Waals surface area (Å²) in [4.78, 5) is 18.4. The molecule has 9 heteroatoms. The Hall–Kier alpha value is -2.09. The molecule has 0 unspecified atom stereocenters. The second-order valence-electron chi connectivity index (χ2n) is 6.03. The number of nitrogens with two attached hydrogens (primary N) is 1. The van der Waals surface area contributed by atoms with Gasteiger partial charge in [0.1, 0.15) is 5.02 Å².